The van der Waals surface area contributed by atoms with Crippen molar-refractivity contribution in [3.8, 4) is 0 Å². The first-order chi connectivity index (χ1) is 9.11. The van der Waals surface area contributed by atoms with Gasteiger partial charge in [-0.2, -0.15) is 0 Å². The summed E-state index contributed by atoms with van der Waals surface area (Å²) in [5.74, 6) is 0. The molecule has 0 aliphatic carbocycles. The van der Waals surface area contributed by atoms with Crippen LogP contribution in [0.3, 0.4) is 0 Å². The van der Waals surface area contributed by atoms with E-state index in [0.29, 0.717) is 19.5 Å². The molecule has 1 unspecified atom stereocenters. The van der Waals surface area contributed by atoms with Gasteiger partial charge in [0.2, 0.25) is 0 Å². The molecule has 0 aromatic heterocycles. The quantitative estimate of drug-likeness (QED) is 0.711. The van der Waals surface area contributed by atoms with Gasteiger partial charge in [-0.15, -0.1) is 0 Å². The zero-order valence-corrected chi connectivity index (χ0v) is 12.4. The number of benzene rings is 1. The Kier molecular flexibility index (Phi) is 7.47. The first kappa shape index (κ1) is 15.9. The first-order valence-electron chi connectivity index (χ1n) is 6.05. The zero-order chi connectivity index (χ0) is 14.1. The number of hydrogen-bond donors (Lipinski definition) is 3. The maximum absolute atomic E-state index is 11.5. The van der Waals surface area contributed by atoms with E-state index in [4.69, 9.17) is 4.74 Å². The number of urea groups is 1. The summed E-state index contributed by atoms with van der Waals surface area (Å²) in [7, 11) is 1.53. The Morgan fingerprint density at radius 1 is 1.47 bits per heavy atom. The van der Waals surface area contributed by atoms with Gasteiger partial charge in [-0.25, -0.2) is 4.79 Å². The van der Waals surface area contributed by atoms with Crippen LogP contribution in [0, 0.1) is 0 Å². The van der Waals surface area contributed by atoms with Crippen molar-refractivity contribution in [2.75, 3.05) is 20.3 Å². The van der Waals surface area contributed by atoms with Crippen molar-refractivity contribution < 1.29 is 14.6 Å². The minimum absolute atomic E-state index is 0.246. The SMILES string of the molecule is COCC(O)CCNC(=O)NCc1cccc(Br)c1. The number of aliphatic hydroxyl groups excluding tert-OH is 1. The van der Waals surface area contributed by atoms with Crippen LogP contribution in [0.15, 0.2) is 28.7 Å². The summed E-state index contributed by atoms with van der Waals surface area (Å²) in [5.41, 5.74) is 1.02. The van der Waals surface area contributed by atoms with Crippen LogP contribution in [0.2, 0.25) is 0 Å². The fraction of sp³-hybridized carbons (Fsp3) is 0.462. The highest BCUT2D eigenvalue weighted by Gasteiger charge is 2.05. The number of carbonyl (C=O) groups excluding carboxylic acids is 1. The third-order valence-electron chi connectivity index (χ3n) is 2.46. The summed E-state index contributed by atoms with van der Waals surface area (Å²) >= 11 is 3.37. The number of ether oxygens (including phenoxy) is 1. The second-order valence-corrected chi connectivity index (χ2v) is 5.05. The first-order valence-corrected chi connectivity index (χ1v) is 6.84. The Labute approximate surface area is 121 Å². The van der Waals surface area contributed by atoms with Crippen LogP contribution in [0.25, 0.3) is 0 Å². The summed E-state index contributed by atoms with van der Waals surface area (Å²) in [6.07, 6.45) is -0.0756. The van der Waals surface area contributed by atoms with E-state index in [9.17, 15) is 9.90 Å². The van der Waals surface area contributed by atoms with Crippen molar-refractivity contribution in [1.29, 1.82) is 0 Å². The Bertz CT molecular complexity index is 401. The fourth-order valence-electron chi connectivity index (χ4n) is 1.52. The van der Waals surface area contributed by atoms with Gasteiger partial charge in [-0.05, 0) is 24.1 Å². The molecule has 0 saturated carbocycles. The minimum Gasteiger partial charge on any atom is -0.391 e. The summed E-state index contributed by atoms with van der Waals surface area (Å²) in [5, 5.41) is 14.8. The molecule has 1 aromatic carbocycles. The van der Waals surface area contributed by atoms with E-state index in [-0.39, 0.29) is 12.6 Å². The number of nitrogens with one attached hydrogen (secondary N) is 2. The number of amides is 2. The predicted octanol–water partition coefficient (Wildman–Crippen LogP) is 1.65. The van der Waals surface area contributed by atoms with Gasteiger partial charge in [0.05, 0.1) is 12.7 Å². The molecule has 6 heteroatoms. The zero-order valence-electron chi connectivity index (χ0n) is 10.9. The van der Waals surface area contributed by atoms with Crippen LogP contribution in [0.4, 0.5) is 4.79 Å². The van der Waals surface area contributed by atoms with E-state index in [1.165, 1.54) is 7.11 Å². The Hall–Kier alpha value is -1.11. The molecule has 2 amide bonds. The highest BCUT2D eigenvalue weighted by molar-refractivity contribution is 9.10. The van der Waals surface area contributed by atoms with E-state index >= 15 is 0 Å². The Morgan fingerprint density at radius 2 is 2.26 bits per heavy atom. The molecule has 0 aliphatic rings. The van der Waals surface area contributed by atoms with Gasteiger partial charge in [0.15, 0.2) is 0 Å². The lowest BCUT2D eigenvalue weighted by molar-refractivity contribution is 0.0598. The molecule has 5 nitrogen and oxygen atoms in total. The smallest absolute Gasteiger partial charge is 0.315 e. The average Bonchev–Trinajstić information content (AvgIpc) is 2.37. The normalized spacial score (nSPS) is 11.9. The number of hydrogen-bond acceptors (Lipinski definition) is 3. The molecule has 106 valence electrons. The van der Waals surface area contributed by atoms with Crippen molar-refractivity contribution >= 4 is 22.0 Å². The standard InChI is InChI=1S/C13H19BrN2O3/c1-19-9-12(17)5-6-15-13(18)16-8-10-3-2-4-11(14)7-10/h2-4,7,12,17H,5-6,8-9H2,1H3,(H2,15,16,18). The average molecular weight is 331 g/mol. The van der Waals surface area contributed by atoms with Gasteiger partial charge in [-0.1, -0.05) is 28.1 Å². The maximum atomic E-state index is 11.5. The van der Waals surface area contributed by atoms with Gasteiger partial charge < -0.3 is 20.5 Å². The summed E-state index contributed by atoms with van der Waals surface area (Å²) in [4.78, 5) is 11.5. The van der Waals surface area contributed by atoms with Gasteiger partial charge in [0.25, 0.3) is 0 Å². The van der Waals surface area contributed by atoms with Gasteiger partial charge in [0, 0.05) is 24.7 Å². The third kappa shape index (κ3) is 7.15. The molecule has 1 aromatic rings. The fourth-order valence-corrected chi connectivity index (χ4v) is 1.97. The second kappa shape index (κ2) is 8.90. The molecular weight excluding hydrogens is 312 g/mol. The molecule has 1 atom stereocenters. The van der Waals surface area contributed by atoms with Crippen LogP contribution in [0.5, 0.6) is 0 Å². The highest BCUT2D eigenvalue weighted by Crippen LogP contribution is 2.11. The molecule has 0 bridgehead atoms. The monoisotopic (exact) mass is 330 g/mol. The van der Waals surface area contributed by atoms with Crippen molar-refractivity contribution in [2.24, 2.45) is 0 Å². The molecule has 1 rings (SSSR count). The van der Waals surface area contributed by atoms with E-state index in [1.807, 2.05) is 24.3 Å². The molecule has 0 aliphatic heterocycles. The van der Waals surface area contributed by atoms with E-state index in [1.54, 1.807) is 0 Å². The largest absolute Gasteiger partial charge is 0.391 e. The molecule has 3 N–H and O–H groups in total. The van der Waals surface area contributed by atoms with Crippen LogP contribution >= 0.6 is 15.9 Å². The lowest BCUT2D eigenvalue weighted by Crippen LogP contribution is -2.36. The number of aliphatic hydroxyl groups is 1. The lowest BCUT2D eigenvalue weighted by Gasteiger charge is -2.11. The lowest BCUT2D eigenvalue weighted by atomic mass is 10.2. The minimum atomic E-state index is -0.546. The second-order valence-electron chi connectivity index (χ2n) is 4.14. The Morgan fingerprint density at radius 3 is 2.95 bits per heavy atom. The van der Waals surface area contributed by atoms with Gasteiger partial charge in [0.1, 0.15) is 0 Å². The van der Waals surface area contributed by atoms with Gasteiger partial charge in [-0.3, -0.25) is 0 Å². The van der Waals surface area contributed by atoms with E-state index in [2.05, 4.69) is 26.6 Å². The Balaban J connectivity index is 2.18. The molecule has 19 heavy (non-hydrogen) atoms. The highest BCUT2D eigenvalue weighted by atomic mass is 79.9. The molecule has 0 heterocycles. The predicted molar refractivity (Wildman–Crippen MR) is 76.9 cm³/mol. The summed E-state index contributed by atoms with van der Waals surface area (Å²) < 4.78 is 5.78. The molecule has 0 radical (unpaired) electrons. The molecular formula is C13H19BrN2O3. The van der Waals surface area contributed by atoms with E-state index < -0.39 is 6.10 Å². The number of halogens is 1. The van der Waals surface area contributed by atoms with Crippen molar-refractivity contribution in [3.63, 3.8) is 0 Å². The topological polar surface area (TPSA) is 70.6 Å². The van der Waals surface area contributed by atoms with E-state index in [0.717, 1.165) is 10.0 Å². The summed E-state index contributed by atoms with van der Waals surface area (Å²) in [6, 6.07) is 7.49. The van der Waals surface area contributed by atoms with Crippen molar-refractivity contribution in [2.45, 2.75) is 19.1 Å². The molecule has 0 fully saturated rings. The van der Waals surface area contributed by atoms with Crippen molar-refractivity contribution in [1.82, 2.24) is 10.6 Å². The number of methoxy groups -OCH3 is 1. The molecule has 0 spiro atoms. The third-order valence-corrected chi connectivity index (χ3v) is 2.96. The maximum Gasteiger partial charge on any atom is 0.315 e. The number of rotatable bonds is 7. The van der Waals surface area contributed by atoms with Crippen LogP contribution in [0.1, 0.15) is 12.0 Å². The van der Waals surface area contributed by atoms with Crippen LogP contribution in [-0.4, -0.2) is 37.5 Å². The number of carbonyl (C=O) groups is 1. The van der Waals surface area contributed by atoms with Crippen molar-refractivity contribution in [3.05, 3.63) is 34.3 Å². The van der Waals surface area contributed by atoms with Gasteiger partial charge >= 0.3 is 6.03 Å². The molecule has 0 saturated heterocycles. The van der Waals surface area contributed by atoms with Crippen LogP contribution in [-0.2, 0) is 11.3 Å². The summed E-state index contributed by atoms with van der Waals surface area (Å²) in [6.45, 7) is 1.15. The van der Waals surface area contributed by atoms with Crippen LogP contribution < -0.4 is 10.6 Å².